The Bertz CT molecular complexity index is 936. The molecule has 0 aliphatic carbocycles. The van der Waals surface area contributed by atoms with Crippen molar-refractivity contribution in [1.82, 2.24) is 15.3 Å². The van der Waals surface area contributed by atoms with Crippen molar-refractivity contribution in [2.75, 3.05) is 18.0 Å². The van der Waals surface area contributed by atoms with Gasteiger partial charge in [-0.1, -0.05) is 0 Å². The molecule has 0 saturated carbocycles. The van der Waals surface area contributed by atoms with Crippen LogP contribution in [-0.4, -0.2) is 47.5 Å². The van der Waals surface area contributed by atoms with E-state index in [0.717, 1.165) is 0 Å². The number of amides is 1. The van der Waals surface area contributed by atoms with Crippen molar-refractivity contribution in [3.8, 4) is 17.0 Å². The van der Waals surface area contributed by atoms with Crippen LogP contribution in [0.3, 0.4) is 0 Å². The summed E-state index contributed by atoms with van der Waals surface area (Å²) < 4.78 is 55.9. The molecule has 1 aliphatic rings. The molecule has 0 spiro atoms. The zero-order valence-corrected chi connectivity index (χ0v) is 16.8. The Morgan fingerprint density at radius 1 is 1.23 bits per heavy atom. The largest absolute Gasteiger partial charge is 0.573 e. The van der Waals surface area contributed by atoms with Gasteiger partial charge in [-0.3, -0.25) is 4.79 Å². The number of ether oxygens (including phenoxy) is 1. The van der Waals surface area contributed by atoms with Crippen molar-refractivity contribution >= 4 is 11.7 Å². The third-order valence-corrected chi connectivity index (χ3v) is 4.77. The van der Waals surface area contributed by atoms with E-state index in [1.165, 1.54) is 26.0 Å². The number of hydrogen-bond donors (Lipinski definition) is 1. The quantitative estimate of drug-likeness (QED) is 0.755. The van der Waals surface area contributed by atoms with Crippen molar-refractivity contribution in [1.29, 1.82) is 0 Å². The monoisotopic (exact) mass is 426 g/mol. The highest BCUT2D eigenvalue weighted by Crippen LogP contribution is 2.31. The number of piperidine rings is 1. The maximum Gasteiger partial charge on any atom is 0.573 e. The van der Waals surface area contributed by atoms with Gasteiger partial charge in [0.15, 0.2) is 0 Å². The minimum atomic E-state index is -4.77. The van der Waals surface area contributed by atoms with Crippen molar-refractivity contribution in [3.63, 3.8) is 0 Å². The number of benzene rings is 1. The number of hydrogen-bond acceptors (Lipinski definition) is 5. The SMILES string of the molecule is CC(=O)N[C@@H]1CCN(c2cc(-c3ccc(OC(F)(F)F)c(C)c3)nc(C)n2)C[C@H]1F. The molecule has 1 fully saturated rings. The van der Waals surface area contributed by atoms with Gasteiger partial charge in [-0.05, 0) is 44.0 Å². The molecule has 2 aromatic rings. The highest BCUT2D eigenvalue weighted by atomic mass is 19.4. The van der Waals surface area contributed by atoms with Gasteiger partial charge in [0.2, 0.25) is 5.91 Å². The molecule has 2 atom stereocenters. The summed E-state index contributed by atoms with van der Waals surface area (Å²) in [5.74, 6) is 0.423. The number of rotatable bonds is 4. The molecule has 10 heteroatoms. The second-order valence-electron chi connectivity index (χ2n) is 7.24. The molecular weight excluding hydrogens is 404 g/mol. The normalized spacial score (nSPS) is 19.5. The average molecular weight is 426 g/mol. The Kier molecular flexibility index (Phi) is 6.14. The first-order valence-electron chi connectivity index (χ1n) is 9.40. The standard InChI is InChI=1S/C20H22F4N4O2/c1-11-8-14(4-5-18(11)30-20(22,23)24)17-9-19(26-12(2)25-17)28-7-6-16(15(21)10-28)27-13(3)29/h4-5,8-9,15-16H,6-7,10H2,1-3H3,(H,27,29)/t15-,16-/m1/s1. The van der Waals surface area contributed by atoms with E-state index in [0.29, 0.717) is 41.4 Å². The van der Waals surface area contributed by atoms with E-state index >= 15 is 0 Å². The molecule has 0 unspecified atom stereocenters. The molecule has 1 saturated heterocycles. The summed E-state index contributed by atoms with van der Waals surface area (Å²) in [6, 6.07) is 5.42. The molecule has 1 N–H and O–H groups in total. The highest BCUT2D eigenvalue weighted by Gasteiger charge is 2.32. The number of anilines is 1. The summed E-state index contributed by atoms with van der Waals surface area (Å²) >= 11 is 0. The van der Waals surface area contributed by atoms with E-state index in [2.05, 4.69) is 20.0 Å². The van der Waals surface area contributed by atoms with Gasteiger partial charge in [-0.25, -0.2) is 14.4 Å². The third kappa shape index (κ3) is 5.37. The molecule has 6 nitrogen and oxygen atoms in total. The first-order chi connectivity index (χ1) is 14.0. The first kappa shape index (κ1) is 21.8. The van der Waals surface area contributed by atoms with Crippen molar-refractivity contribution < 1.29 is 27.1 Å². The summed E-state index contributed by atoms with van der Waals surface area (Å²) in [6.45, 7) is 5.13. The second-order valence-corrected chi connectivity index (χ2v) is 7.24. The van der Waals surface area contributed by atoms with Crippen molar-refractivity contribution in [2.45, 2.75) is 45.8 Å². The number of nitrogens with zero attached hydrogens (tertiary/aromatic N) is 3. The number of aromatic nitrogens is 2. The Morgan fingerprint density at radius 2 is 1.97 bits per heavy atom. The van der Waals surface area contributed by atoms with E-state index in [1.54, 1.807) is 24.0 Å². The van der Waals surface area contributed by atoms with Crippen LogP contribution in [0, 0.1) is 13.8 Å². The molecule has 162 valence electrons. The van der Waals surface area contributed by atoms with E-state index in [-0.39, 0.29) is 18.2 Å². The predicted octanol–water partition coefficient (Wildman–Crippen LogP) is 3.71. The predicted molar refractivity (Wildman–Crippen MR) is 103 cm³/mol. The van der Waals surface area contributed by atoms with Crippen LogP contribution in [0.1, 0.15) is 24.7 Å². The summed E-state index contributed by atoms with van der Waals surface area (Å²) in [5, 5.41) is 2.61. The maximum atomic E-state index is 14.5. The van der Waals surface area contributed by atoms with Gasteiger partial charge in [-0.2, -0.15) is 0 Å². The molecule has 0 bridgehead atoms. The van der Waals surface area contributed by atoms with E-state index in [9.17, 15) is 22.4 Å². The molecule has 2 heterocycles. The first-order valence-corrected chi connectivity index (χ1v) is 9.40. The van der Waals surface area contributed by atoms with Crippen LogP contribution in [0.5, 0.6) is 5.75 Å². The van der Waals surface area contributed by atoms with E-state index in [1.807, 2.05) is 0 Å². The Morgan fingerprint density at radius 3 is 2.57 bits per heavy atom. The lowest BCUT2D eigenvalue weighted by molar-refractivity contribution is -0.274. The number of aryl methyl sites for hydroxylation is 2. The van der Waals surface area contributed by atoms with Crippen LogP contribution < -0.4 is 15.0 Å². The number of alkyl halides is 4. The Balaban J connectivity index is 1.82. The molecule has 1 aliphatic heterocycles. The summed E-state index contributed by atoms with van der Waals surface area (Å²) in [4.78, 5) is 21.7. The van der Waals surface area contributed by atoms with Gasteiger partial charge in [0, 0.05) is 25.1 Å². The fourth-order valence-corrected chi connectivity index (χ4v) is 3.45. The fraction of sp³-hybridized carbons (Fsp3) is 0.450. The number of carbonyl (C=O) groups is 1. The van der Waals surface area contributed by atoms with Gasteiger partial charge < -0.3 is 15.0 Å². The molecule has 3 rings (SSSR count). The molecule has 30 heavy (non-hydrogen) atoms. The average Bonchev–Trinajstić information content (AvgIpc) is 2.63. The third-order valence-electron chi connectivity index (χ3n) is 4.77. The topological polar surface area (TPSA) is 67.4 Å². The molecule has 1 aromatic carbocycles. The lowest BCUT2D eigenvalue weighted by Crippen LogP contribution is -2.52. The minimum absolute atomic E-state index is 0.0677. The fourth-order valence-electron chi connectivity index (χ4n) is 3.45. The maximum absolute atomic E-state index is 14.5. The van der Waals surface area contributed by atoms with Crippen LogP contribution in [0.25, 0.3) is 11.3 Å². The number of nitrogens with one attached hydrogen (secondary N) is 1. The number of halogens is 4. The van der Waals surface area contributed by atoms with Crippen LogP contribution >= 0.6 is 0 Å². The summed E-state index contributed by atoms with van der Waals surface area (Å²) in [6.07, 6.45) is -5.58. The summed E-state index contributed by atoms with van der Waals surface area (Å²) in [5.41, 5.74) is 1.42. The summed E-state index contributed by atoms with van der Waals surface area (Å²) in [7, 11) is 0. The van der Waals surface area contributed by atoms with Gasteiger partial charge >= 0.3 is 6.36 Å². The Hall–Kier alpha value is -2.91. The van der Waals surface area contributed by atoms with Crippen molar-refractivity contribution in [2.24, 2.45) is 0 Å². The second kappa shape index (κ2) is 8.45. The minimum Gasteiger partial charge on any atom is -0.406 e. The zero-order valence-electron chi connectivity index (χ0n) is 16.8. The van der Waals surface area contributed by atoms with Crippen LogP contribution in [0.15, 0.2) is 24.3 Å². The molecular formula is C20H22F4N4O2. The van der Waals surface area contributed by atoms with Gasteiger partial charge in [0.25, 0.3) is 0 Å². The van der Waals surface area contributed by atoms with Crippen molar-refractivity contribution in [3.05, 3.63) is 35.7 Å². The van der Waals surface area contributed by atoms with Crippen LogP contribution in [0.4, 0.5) is 23.4 Å². The zero-order chi connectivity index (χ0) is 22.1. The lowest BCUT2D eigenvalue weighted by Gasteiger charge is -2.35. The molecule has 0 radical (unpaired) electrons. The van der Waals surface area contributed by atoms with Crippen LogP contribution in [-0.2, 0) is 4.79 Å². The molecule has 1 aromatic heterocycles. The number of carbonyl (C=O) groups excluding carboxylic acids is 1. The van der Waals surface area contributed by atoms with Gasteiger partial charge in [-0.15, -0.1) is 13.2 Å². The van der Waals surface area contributed by atoms with Crippen LogP contribution in [0.2, 0.25) is 0 Å². The molecule has 1 amide bonds. The van der Waals surface area contributed by atoms with Gasteiger partial charge in [0.05, 0.1) is 18.3 Å². The van der Waals surface area contributed by atoms with E-state index < -0.39 is 18.6 Å². The van der Waals surface area contributed by atoms with Gasteiger partial charge in [0.1, 0.15) is 23.6 Å². The Labute approximate surface area is 171 Å². The highest BCUT2D eigenvalue weighted by molar-refractivity contribution is 5.73. The van der Waals surface area contributed by atoms with E-state index in [4.69, 9.17) is 0 Å². The lowest BCUT2D eigenvalue weighted by atomic mass is 10.0. The smallest absolute Gasteiger partial charge is 0.406 e.